The summed E-state index contributed by atoms with van der Waals surface area (Å²) in [5, 5.41) is 0. The van der Waals surface area contributed by atoms with Crippen molar-refractivity contribution >= 4 is 26.0 Å². The quantitative estimate of drug-likeness (QED) is 0.769. The number of sulfonamides is 1. The van der Waals surface area contributed by atoms with Crippen molar-refractivity contribution in [3.05, 3.63) is 29.6 Å². The number of hydrogen-bond acceptors (Lipinski definition) is 2. The Kier molecular flexibility index (Phi) is 4.32. The highest BCUT2D eigenvalue weighted by molar-refractivity contribution is 9.09. The van der Waals surface area contributed by atoms with Crippen LogP contribution in [-0.2, 0) is 10.0 Å². The van der Waals surface area contributed by atoms with Crippen LogP contribution in [-0.4, -0.2) is 30.6 Å². The van der Waals surface area contributed by atoms with Crippen molar-refractivity contribution in [2.45, 2.75) is 30.0 Å². The van der Waals surface area contributed by atoms with E-state index in [-0.39, 0.29) is 9.72 Å². The van der Waals surface area contributed by atoms with E-state index in [0.29, 0.717) is 24.6 Å². The fourth-order valence-corrected chi connectivity index (χ4v) is 4.73. The Morgan fingerprint density at radius 1 is 1.42 bits per heavy atom. The number of piperidine rings is 1. The third-order valence-corrected chi connectivity index (χ3v) is 6.80. The monoisotopic (exact) mass is 349 g/mol. The van der Waals surface area contributed by atoms with E-state index in [4.69, 9.17) is 0 Å². The first-order valence-corrected chi connectivity index (χ1v) is 8.58. The van der Waals surface area contributed by atoms with Gasteiger partial charge < -0.3 is 0 Å². The predicted molar refractivity (Wildman–Crippen MR) is 76.4 cm³/mol. The third kappa shape index (κ3) is 3.01. The molecule has 3 nitrogen and oxygen atoms in total. The molecule has 0 N–H and O–H groups in total. The van der Waals surface area contributed by atoms with Crippen LogP contribution < -0.4 is 0 Å². The summed E-state index contributed by atoms with van der Waals surface area (Å²) >= 11 is 3.51. The highest BCUT2D eigenvalue weighted by Crippen LogP contribution is 2.29. The number of hydrogen-bond donors (Lipinski definition) is 0. The van der Waals surface area contributed by atoms with E-state index in [1.54, 1.807) is 6.92 Å². The molecule has 6 heteroatoms. The normalized spacial score (nSPS) is 25.5. The molecule has 1 aromatic carbocycles. The maximum atomic E-state index is 13.3. The Bertz CT molecular complexity index is 576. The summed E-state index contributed by atoms with van der Waals surface area (Å²) in [6, 6.07) is 3.88. The van der Waals surface area contributed by atoms with E-state index in [1.165, 1.54) is 16.4 Å². The van der Waals surface area contributed by atoms with E-state index >= 15 is 0 Å². The second kappa shape index (κ2) is 5.50. The van der Waals surface area contributed by atoms with Gasteiger partial charge in [-0.2, -0.15) is 4.31 Å². The molecule has 0 aromatic heterocycles. The largest absolute Gasteiger partial charge is 0.243 e. The Morgan fingerprint density at radius 3 is 2.74 bits per heavy atom. The lowest BCUT2D eigenvalue weighted by Crippen LogP contribution is -2.43. The van der Waals surface area contributed by atoms with Crippen molar-refractivity contribution in [1.29, 1.82) is 0 Å². The molecular formula is C13H17BrFNO2S. The smallest absolute Gasteiger partial charge is 0.207 e. The van der Waals surface area contributed by atoms with Gasteiger partial charge in [0.05, 0.1) is 4.90 Å². The molecule has 0 saturated carbocycles. The van der Waals surface area contributed by atoms with Crippen molar-refractivity contribution in [2.24, 2.45) is 5.92 Å². The van der Waals surface area contributed by atoms with E-state index in [0.717, 1.165) is 12.5 Å². The first-order valence-electron chi connectivity index (χ1n) is 6.22. The highest BCUT2D eigenvalue weighted by Gasteiger charge is 2.33. The van der Waals surface area contributed by atoms with Gasteiger partial charge in [0.1, 0.15) is 5.82 Å². The lowest BCUT2D eigenvalue weighted by molar-refractivity contribution is 0.299. The zero-order chi connectivity index (χ0) is 14.2. The maximum absolute atomic E-state index is 13.3. The molecule has 0 radical (unpaired) electrons. The minimum absolute atomic E-state index is 0.0711. The van der Waals surface area contributed by atoms with Crippen LogP contribution in [0.1, 0.15) is 18.9 Å². The first-order chi connectivity index (χ1) is 8.82. The number of rotatable bonds is 2. The zero-order valence-electron chi connectivity index (χ0n) is 10.9. The van der Waals surface area contributed by atoms with E-state index < -0.39 is 15.8 Å². The van der Waals surface area contributed by atoms with Crippen molar-refractivity contribution in [2.75, 3.05) is 13.1 Å². The summed E-state index contributed by atoms with van der Waals surface area (Å²) in [5.41, 5.74) is 0.575. The fourth-order valence-electron chi connectivity index (χ4n) is 2.20. The number of nitrogens with zero attached hydrogens (tertiary/aromatic N) is 1. The molecule has 1 fully saturated rings. The van der Waals surface area contributed by atoms with Gasteiger partial charge in [0.25, 0.3) is 0 Å². The van der Waals surface area contributed by atoms with Gasteiger partial charge in [-0.1, -0.05) is 28.9 Å². The minimum atomic E-state index is -3.61. The molecule has 106 valence electrons. The summed E-state index contributed by atoms with van der Waals surface area (Å²) in [4.78, 5) is 0.214. The molecule has 1 aliphatic heterocycles. The maximum Gasteiger partial charge on any atom is 0.243 e. The Morgan fingerprint density at radius 2 is 2.11 bits per heavy atom. The summed E-state index contributed by atoms with van der Waals surface area (Å²) in [6.07, 6.45) is 0.809. The summed E-state index contributed by atoms with van der Waals surface area (Å²) < 4.78 is 39.8. The van der Waals surface area contributed by atoms with Crippen LogP contribution in [0.2, 0.25) is 0 Å². The molecule has 1 aromatic rings. The standard InChI is InChI=1S/C13H17BrFNO2S/c1-9-5-6-16(8-12(9)14)19(17,18)13-7-11(15)4-3-10(13)2/h3-4,7,9,12H,5-6,8H2,1-2H3. The number of aryl methyl sites for hydroxylation is 1. The summed E-state index contributed by atoms with van der Waals surface area (Å²) in [7, 11) is -3.61. The van der Waals surface area contributed by atoms with Crippen molar-refractivity contribution in [1.82, 2.24) is 4.31 Å². The second-order valence-corrected chi connectivity index (χ2v) is 8.14. The summed E-state index contributed by atoms with van der Waals surface area (Å²) in [5.74, 6) is -0.0787. The van der Waals surface area contributed by atoms with Crippen LogP contribution in [0.3, 0.4) is 0 Å². The van der Waals surface area contributed by atoms with Crippen molar-refractivity contribution < 1.29 is 12.8 Å². The minimum Gasteiger partial charge on any atom is -0.207 e. The molecule has 1 aliphatic rings. The van der Waals surface area contributed by atoms with Gasteiger partial charge in [-0.05, 0) is 37.0 Å². The van der Waals surface area contributed by atoms with Crippen LogP contribution in [0.4, 0.5) is 4.39 Å². The average molecular weight is 350 g/mol. The lowest BCUT2D eigenvalue weighted by atomic mass is 10.0. The summed E-state index contributed by atoms with van der Waals surface area (Å²) in [6.45, 7) is 4.70. The number of alkyl halides is 1. The molecule has 0 spiro atoms. The van der Waals surface area contributed by atoms with Crippen LogP contribution in [0.25, 0.3) is 0 Å². The molecule has 19 heavy (non-hydrogen) atoms. The van der Waals surface area contributed by atoms with Crippen molar-refractivity contribution in [3.8, 4) is 0 Å². The lowest BCUT2D eigenvalue weighted by Gasteiger charge is -2.33. The fraction of sp³-hybridized carbons (Fsp3) is 0.538. The van der Waals surface area contributed by atoms with Gasteiger partial charge in [-0.25, -0.2) is 12.8 Å². The third-order valence-electron chi connectivity index (χ3n) is 3.60. The van der Waals surface area contributed by atoms with Gasteiger partial charge in [0.2, 0.25) is 10.0 Å². The molecule has 0 aliphatic carbocycles. The second-order valence-electron chi connectivity index (χ2n) is 5.05. The molecule has 2 atom stereocenters. The molecule has 2 rings (SSSR count). The topological polar surface area (TPSA) is 37.4 Å². The molecule has 2 unspecified atom stereocenters. The molecule has 0 amide bonds. The Balaban J connectivity index is 2.35. The molecule has 1 saturated heterocycles. The van der Waals surface area contributed by atoms with E-state index in [9.17, 15) is 12.8 Å². The van der Waals surface area contributed by atoms with Crippen LogP contribution in [0.15, 0.2) is 23.1 Å². The number of halogens is 2. The molecule has 0 bridgehead atoms. The van der Waals surface area contributed by atoms with Crippen molar-refractivity contribution in [3.63, 3.8) is 0 Å². The van der Waals surface area contributed by atoms with Gasteiger partial charge >= 0.3 is 0 Å². The molecule has 1 heterocycles. The average Bonchev–Trinajstić information content (AvgIpc) is 2.35. The zero-order valence-corrected chi connectivity index (χ0v) is 13.3. The SMILES string of the molecule is Cc1ccc(F)cc1S(=O)(=O)N1CCC(C)C(Br)C1. The molecular weight excluding hydrogens is 333 g/mol. The van der Waals surface area contributed by atoms with E-state index in [1.807, 2.05) is 0 Å². The highest BCUT2D eigenvalue weighted by atomic mass is 79.9. The van der Waals surface area contributed by atoms with Crippen LogP contribution >= 0.6 is 15.9 Å². The van der Waals surface area contributed by atoms with Crippen LogP contribution in [0, 0.1) is 18.7 Å². The first kappa shape index (κ1) is 14.9. The van der Waals surface area contributed by atoms with Gasteiger partial charge in [-0.3, -0.25) is 0 Å². The van der Waals surface area contributed by atoms with Gasteiger partial charge in [0.15, 0.2) is 0 Å². The predicted octanol–water partition coefficient (Wildman–Crippen LogP) is 2.93. The Labute approximate surface area is 122 Å². The van der Waals surface area contributed by atoms with Crippen LogP contribution in [0.5, 0.6) is 0 Å². The van der Waals surface area contributed by atoms with Gasteiger partial charge in [-0.15, -0.1) is 0 Å². The van der Waals surface area contributed by atoms with Gasteiger partial charge in [0, 0.05) is 17.9 Å². The Hall–Kier alpha value is -0.460. The van der Waals surface area contributed by atoms with E-state index in [2.05, 4.69) is 22.9 Å². The number of benzene rings is 1.